The third kappa shape index (κ3) is 4.51. The van der Waals surface area contributed by atoms with E-state index in [1.165, 1.54) is 13.1 Å². The van der Waals surface area contributed by atoms with Gasteiger partial charge in [0.25, 0.3) is 11.8 Å². The SMILES string of the molecule is CC1=C(C#N)C(=O)N(C)C(=O)/C1=C\c1ccc(-c2ccc(Cl)c(C(=O)OCC(C)C)c2)o1. The third-order valence-electron chi connectivity index (χ3n) is 4.88. The standard InChI is InChI=1S/C24H21ClN2O5/c1-13(2)12-31-24(30)18-9-15(5-7-20(18)25)21-8-6-16(32-21)10-17-14(3)19(11-26)23(29)27(4)22(17)28/h5-10,13H,12H2,1-4H3/b17-10-. The Morgan fingerprint density at radius 3 is 2.62 bits per heavy atom. The molecule has 0 N–H and O–H groups in total. The molecule has 2 amide bonds. The van der Waals surface area contributed by atoms with E-state index in [-0.39, 0.29) is 34.3 Å². The van der Waals surface area contributed by atoms with Crippen LogP contribution < -0.4 is 0 Å². The molecule has 1 aromatic carbocycles. The number of nitrogens with zero attached hydrogens (tertiary/aromatic N) is 2. The number of hydrogen-bond acceptors (Lipinski definition) is 6. The molecule has 0 unspecified atom stereocenters. The number of likely N-dealkylation sites (N-methyl/N-ethyl adjacent to an activating group) is 1. The van der Waals surface area contributed by atoms with Crippen molar-refractivity contribution in [1.29, 1.82) is 5.26 Å². The van der Waals surface area contributed by atoms with Crippen molar-refractivity contribution in [3.8, 4) is 17.4 Å². The molecule has 0 bridgehead atoms. The van der Waals surface area contributed by atoms with Crippen LogP contribution in [-0.4, -0.2) is 36.3 Å². The zero-order valence-corrected chi connectivity index (χ0v) is 18.8. The molecule has 1 aromatic heterocycles. The first-order valence-corrected chi connectivity index (χ1v) is 10.2. The van der Waals surface area contributed by atoms with E-state index in [0.29, 0.717) is 22.7 Å². The number of halogens is 1. The van der Waals surface area contributed by atoms with E-state index < -0.39 is 17.8 Å². The Kier molecular flexibility index (Phi) is 6.66. The van der Waals surface area contributed by atoms with Gasteiger partial charge in [-0.05, 0) is 54.8 Å². The molecule has 7 nitrogen and oxygen atoms in total. The van der Waals surface area contributed by atoms with E-state index >= 15 is 0 Å². The quantitative estimate of drug-likeness (QED) is 0.372. The highest BCUT2D eigenvalue weighted by atomic mass is 35.5. The Morgan fingerprint density at radius 2 is 1.97 bits per heavy atom. The van der Waals surface area contributed by atoms with Gasteiger partial charge in [0.15, 0.2) is 0 Å². The van der Waals surface area contributed by atoms with Gasteiger partial charge in [-0.25, -0.2) is 4.79 Å². The summed E-state index contributed by atoms with van der Waals surface area (Å²) in [5.74, 6) is -0.693. The molecule has 0 aliphatic carbocycles. The number of amides is 2. The fourth-order valence-corrected chi connectivity index (χ4v) is 3.28. The maximum Gasteiger partial charge on any atom is 0.339 e. The summed E-state index contributed by atoms with van der Waals surface area (Å²) in [5.41, 5.74) is 1.22. The molecule has 0 spiro atoms. The highest BCUT2D eigenvalue weighted by Gasteiger charge is 2.33. The average Bonchev–Trinajstić information content (AvgIpc) is 3.23. The van der Waals surface area contributed by atoms with Crippen LogP contribution in [-0.2, 0) is 14.3 Å². The number of carbonyl (C=O) groups excluding carboxylic acids is 3. The van der Waals surface area contributed by atoms with Crippen molar-refractivity contribution in [2.45, 2.75) is 20.8 Å². The van der Waals surface area contributed by atoms with Crippen LogP contribution in [0.2, 0.25) is 5.02 Å². The Bertz CT molecular complexity index is 1210. The highest BCUT2D eigenvalue weighted by molar-refractivity contribution is 6.33. The van der Waals surface area contributed by atoms with Crippen molar-refractivity contribution >= 4 is 35.5 Å². The van der Waals surface area contributed by atoms with Crippen LogP contribution >= 0.6 is 11.6 Å². The summed E-state index contributed by atoms with van der Waals surface area (Å²) >= 11 is 6.17. The molecule has 164 valence electrons. The lowest BCUT2D eigenvalue weighted by Gasteiger charge is -2.23. The number of nitriles is 1. The van der Waals surface area contributed by atoms with Crippen LogP contribution in [0, 0.1) is 17.2 Å². The van der Waals surface area contributed by atoms with Crippen molar-refractivity contribution in [3.05, 3.63) is 63.4 Å². The van der Waals surface area contributed by atoms with Crippen molar-refractivity contribution < 1.29 is 23.5 Å². The predicted molar refractivity (Wildman–Crippen MR) is 118 cm³/mol. The van der Waals surface area contributed by atoms with Crippen LogP contribution in [0.25, 0.3) is 17.4 Å². The van der Waals surface area contributed by atoms with Gasteiger partial charge >= 0.3 is 5.97 Å². The molecule has 0 saturated heterocycles. The molecule has 32 heavy (non-hydrogen) atoms. The average molecular weight is 453 g/mol. The molecule has 0 radical (unpaired) electrons. The summed E-state index contributed by atoms with van der Waals surface area (Å²) in [7, 11) is 1.32. The summed E-state index contributed by atoms with van der Waals surface area (Å²) in [6.07, 6.45) is 1.48. The van der Waals surface area contributed by atoms with Crippen molar-refractivity contribution in [2.75, 3.05) is 13.7 Å². The predicted octanol–water partition coefficient (Wildman–Crippen LogP) is 4.63. The van der Waals surface area contributed by atoms with Gasteiger partial charge < -0.3 is 9.15 Å². The second-order valence-electron chi connectivity index (χ2n) is 7.73. The molecule has 1 aliphatic heterocycles. The van der Waals surface area contributed by atoms with E-state index in [0.717, 1.165) is 4.90 Å². The molecule has 8 heteroatoms. The summed E-state index contributed by atoms with van der Waals surface area (Å²) in [4.78, 5) is 37.9. The van der Waals surface area contributed by atoms with E-state index in [4.69, 9.17) is 20.8 Å². The minimum Gasteiger partial charge on any atom is -0.462 e. The molecular weight excluding hydrogens is 432 g/mol. The lowest BCUT2D eigenvalue weighted by Crippen LogP contribution is -2.39. The molecule has 1 aliphatic rings. The second-order valence-corrected chi connectivity index (χ2v) is 8.14. The largest absolute Gasteiger partial charge is 0.462 e. The Balaban J connectivity index is 1.94. The van der Waals surface area contributed by atoms with E-state index in [1.807, 2.05) is 19.9 Å². The van der Waals surface area contributed by atoms with Gasteiger partial charge in [0.2, 0.25) is 0 Å². The van der Waals surface area contributed by atoms with Crippen molar-refractivity contribution in [1.82, 2.24) is 4.90 Å². The lowest BCUT2D eigenvalue weighted by molar-refractivity contribution is -0.138. The number of rotatable bonds is 5. The zero-order chi connectivity index (χ0) is 23.6. The summed E-state index contributed by atoms with van der Waals surface area (Å²) in [6, 6.07) is 10.1. The first-order chi connectivity index (χ1) is 15.1. The number of hydrogen-bond donors (Lipinski definition) is 0. The molecule has 2 aromatic rings. The fraction of sp³-hybridized carbons (Fsp3) is 0.250. The summed E-state index contributed by atoms with van der Waals surface area (Å²) in [5, 5.41) is 9.53. The first-order valence-electron chi connectivity index (χ1n) is 9.86. The molecule has 0 atom stereocenters. The number of benzene rings is 1. The van der Waals surface area contributed by atoms with E-state index in [9.17, 15) is 19.6 Å². The first kappa shape index (κ1) is 23.0. The van der Waals surface area contributed by atoms with Crippen LogP contribution in [0.4, 0.5) is 0 Å². The summed E-state index contributed by atoms with van der Waals surface area (Å²) in [6.45, 7) is 5.70. The zero-order valence-electron chi connectivity index (χ0n) is 18.1. The number of carbonyl (C=O) groups is 3. The molecule has 3 rings (SSSR count). The Labute approximate surface area is 190 Å². The number of imide groups is 1. The van der Waals surface area contributed by atoms with Crippen LogP contribution in [0.5, 0.6) is 0 Å². The smallest absolute Gasteiger partial charge is 0.339 e. The van der Waals surface area contributed by atoms with Crippen molar-refractivity contribution in [2.24, 2.45) is 5.92 Å². The number of esters is 1. The second kappa shape index (κ2) is 9.25. The maximum atomic E-state index is 12.5. The maximum absolute atomic E-state index is 12.5. The van der Waals surface area contributed by atoms with Crippen LogP contribution in [0.3, 0.4) is 0 Å². The Morgan fingerprint density at radius 1 is 1.25 bits per heavy atom. The minimum atomic E-state index is -0.634. The van der Waals surface area contributed by atoms with Gasteiger partial charge in [0, 0.05) is 18.2 Å². The third-order valence-corrected chi connectivity index (χ3v) is 5.21. The fourth-order valence-electron chi connectivity index (χ4n) is 3.08. The summed E-state index contributed by atoms with van der Waals surface area (Å²) < 4.78 is 11.1. The van der Waals surface area contributed by atoms with Gasteiger partial charge in [-0.15, -0.1) is 0 Å². The van der Waals surface area contributed by atoms with E-state index in [1.54, 1.807) is 37.3 Å². The van der Waals surface area contributed by atoms with E-state index in [2.05, 4.69) is 0 Å². The molecule has 0 fully saturated rings. The van der Waals surface area contributed by atoms with Crippen LogP contribution in [0.1, 0.15) is 36.9 Å². The van der Waals surface area contributed by atoms with Crippen LogP contribution in [0.15, 0.2) is 51.5 Å². The monoisotopic (exact) mass is 452 g/mol. The minimum absolute atomic E-state index is 0.0904. The molecule has 0 saturated carbocycles. The van der Waals surface area contributed by atoms with Gasteiger partial charge in [-0.3, -0.25) is 14.5 Å². The lowest BCUT2D eigenvalue weighted by atomic mass is 9.95. The highest BCUT2D eigenvalue weighted by Crippen LogP contribution is 2.30. The van der Waals surface area contributed by atoms with Gasteiger partial charge in [0.1, 0.15) is 23.2 Å². The Hall–Kier alpha value is -3.63. The molecule has 2 heterocycles. The van der Waals surface area contributed by atoms with Gasteiger partial charge in [-0.1, -0.05) is 25.4 Å². The number of ether oxygens (including phenoxy) is 1. The topological polar surface area (TPSA) is 101 Å². The van der Waals surface area contributed by atoms with Crippen molar-refractivity contribution in [3.63, 3.8) is 0 Å². The normalized spacial score (nSPS) is 15.5. The van der Waals surface area contributed by atoms with Gasteiger partial charge in [0.05, 0.1) is 17.2 Å². The number of furan rings is 1. The van der Waals surface area contributed by atoms with Gasteiger partial charge in [-0.2, -0.15) is 5.26 Å². The molecular formula is C24H21ClN2O5.